The van der Waals surface area contributed by atoms with Gasteiger partial charge in [0.2, 0.25) is 6.30 Å². The molecule has 0 aliphatic carbocycles. The Balaban J connectivity index is 2.94. The second-order valence-corrected chi connectivity index (χ2v) is 3.73. The lowest BCUT2D eigenvalue weighted by Crippen LogP contribution is -2.31. The number of hydrogen-bond acceptors (Lipinski definition) is 3. The molecule has 0 aliphatic rings. The van der Waals surface area contributed by atoms with Crippen LogP contribution in [0.5, 0.6) is 0 Å². The van der Waals surface area contributed by atoms with Crippen molar-refractivity contribution in [2.45, 2.75) is 27.1 Å². The van der Waals surface area contributed by atoms with Crippen molar-refractivity contribution >= 4 is 5.71 Å². The first-order valence-corrected chi connectivity index (χ1v) is 4.32. The molecule has 4 nitrogen and oxygen atoms in total. The van der Waals surface area contributed by atoms with Crippen LogP contribution in [0.2, 0.25) is 0 Å². The molecule has 1 N–H and O–H groups in total. The Morgan fingerprint density at radius 1 is 1.64 bits per heavy atom. The summed E-state index contributed by atoms with van der Waals surface area (Å²) in [5.74, 6) is 0. The van der Waals surface area contributed by atoms with Crippen molar-refractivity contribution in [3.05, 3.63) is 18.5 Å². The monoisotopic (exact) mass is 199 g/mol. The van der Waals surface area contributed by atoms with E-state index in [0.29, 0.717) is 5.71 Å². The fraction of sp³-hybridized carbons (Fsp3) is 0.556. The van der Waals surface area contributed by atoms with E-state index in [0.717, 1.165) is 0 Å². The van der Waals surface area contributed by atoms with Gasteiger partial charge in [0.15, 0.2) is 0 Å². The molecule has 1 heterocycles. The van der Waals surface area contributed by atoms with Crippen molar-refractivity contribution < 1.29 is 9.60 Å². The van der Waals surface area contributed by atoms with Gasteiger partial charge in [0.05, 0.1) is 11.1 Å². The van der Waals surface area contributed by atoms with Crippen LogP contribution >= 0.6 is 0 Å². The zero-order chi connectivity index (χ0) is 10.8. The van der Waals surface area contributed by atoms with E-state index in [9.17, 15) is 4.39 Å². The summed E-state index contributed by atoms with van der Waals surface area (Å²) in [6.07, 6.45) is 1.71. The summed E-state index contributed by atoms with van der Waals surface area (Å²) in [7, 11) is 0. The molecule has 1 rings (SSSR count). The lowest BCUT2D eigenvalue weighted by molar-refractivity contribution is 0.112. The smallest absolute Gasteiger partial charge is 0.201 e. The number of halogens is 1. The molecular formula is C9H14FN3O. The van der Waals surface area contributed by atoms with Crippen molar-refractivity contribution in [1.82, 2.24) is 9.78 Å². The van der Waals surface area contributed by atoms with Crippen LogP contribution in [0.15, 0.2) is 23.6 Å². The standard InChI is InChI=1S/C9H14FN3O/c1-7(12-14)9(2,3)8(10)13-6-4-5-11-13/h4-6,8,14H,1-3H3. The largest absolute Gasteiger partial charge is 0.411 e. The van der Waals surface area contributed by atoms with Crippen molar-refractivity contribution in [2.75, 3.05) is 0 Å². The van der Waals surface area contributed by atoms with Crippen LogP contribution in [0, 0.1) is 5.41 Å². The average Bonchev–Trinajstić information content (AvgIpc) is 2.67. The molecule has 5 heteroatoms. The Morgan fingerprint density at radius 3 is 2.71 bits per heavy atom. The molecule has 0 spiro atoms. The molecule has 1 aromatic rings. The van der Waals surface area contributed by atoms with Gasteiger partial charge in [-0.2, -0.15) is 5.10 Å². The Kier molecular flexibility index (Phi) is 2.88. The molecule has 0 saturated heterocycles. The quantitative estimate of drug-likeness (QED) is 0.461. The topological polar surface area (TPSA) is 50.4 Å². The molecule has 0 amide bonds. The zero-order valence-corrected chi connectivity index (χ0v) is 8.48. The van der Waals surface area contributed by atoms with Crippen LogP contribution < -0.4 is 0 Å². The predicted molar refractivity (Wildman–Crippen MR) is 51.0 cm³/mol. The minimum atomic E-state index is -1.34. The number of alkyl halides is 1. The molecule has 0 radical (unpaired) electrons. The van der Waals surface area contributed by atoms with E-state index >= 15 is 0 Å². The molecule has 78 valence electrons. The second kappa shape index (κ2) is 3.77. The van der Waals surface area contributed by atoms with Gasteiger partial charge in [0.1, 0.15) is 0 Å². The summed E-state index contributed by atoms with van der Waals surface area (Å²) < 4.78 is 15.1. The molecular weight excluding hydrogens is 185 g/mol. The van der Waals surface area contributed by atoms with E-state index in [-0.39, 0.29) is 0 Å². The summed E-state index contributed by atoms with van der Waals surface area (Å²) in [5.41, 5.74) is -0.540. The third-order valence-corrected chi connectivity index (χ3v) is 2.44. The summed E-state index contributed by atoms with van der Waals surface area (Å²) in [5, 5.41) is 15.4. The molecule has 0 bridgehead atoms. The highest BCUT2D eigenvalue weighted by atomic mass is 19.1. The van der Waals surface area contributed by atoms with Gasteiger partial charge in [-0.3, -0.25) is 0 Å². The lowest BCUT2D eigenvalue weighted by atomic mass is 9.87. The van der Waals surface area contributed by atoms with E-state index in [4.69, 9.17) is 5.21 Å². The van der Waals surface area contributed by atoms with Gasteiger partial charge in [0.25, 0.3) is 0 Å². The van der Waals surface area contributed by atoms with Gasteiger partial charge in [-0.05, 0) is 26.8 Å². The number of aromatic nitrogens is 2. The highest BCUT2D eigenvalue weighted by Gasteiger charge is 2.34. The lowest BCUT2D eigenvalue weighted by Gasteiger charge is -2.27. The van der Waals surface area contributed by atoms with Crippen molar-refractivity contribution in [1.29, 1.82) is 0 Å². The Labute approximate surface area is 82.0 Å². The molecule has 1 unspecified atom stereocenters. The van der Waals surface area contributed by atoms with E-state index in [1.54, 1.807) is 26.8 Å². The molecule has 0 aliphatic heterocycles. The minimum Gasteiger partial charge on any atom is -0.411 e. The van der Waals surface area contributed by atoms with Crippen molar-refractivity contribution in [2.24, 2.45) is 10.6 Å². The predicted octanol–water partition coefficient (Wildman–Crippen LogP) is 2.23. The van der Waals surface area contributed by atoms with Gasteiger partial charge in [-0.15, -0.1) is 0 Å². The summed E-state index contributed by atoms with van der Waals surface area (Å²) in [6, 6.07) is 1.65. The third kappa shape index (κ3) is 1.76. The maximum Gasteiger partial charge on any atom is 0.201 e. The molecule has 0 fully saturated rings. The first-order valence-electron chi connectivity index (χ1n) is 4.32. The van der Waals surface area contributed by atoms with E-state index in [1.165, 1.54) is 17.1 Å². The maximum absolute atomic E-state index is 13.9. The number of nitrogens with zero attached hydrogens (tertiary/aromatic N) is 3. The van der Waals surface area contributed by atoms with Crippen LogP contribution in [-0.4, -0.2) is 20.7 Å². The van der Waals surface area contributed by atoms with E-state index < -0.39 is 11.7 Å². The van der Waals surface area contributed by atoms with Gasteiger partial charge < -0.3 is 5.21 Å². The van der Waals surface area contributed by atoms with Gasteiger partial charge in [-0.25, -0.2) is 9.07 Å². The first kappa shape index (κ1) is 10.7. The van der Waals surface area contributed by atoms with Crippen molar-refractivity contribution in [3.8, 4) is 0 Å². The average molecular weight is 199 g/mol. The fourth-order valence-corrected chi connectivity index (χ4v) is 1.05. The van der Waals surface area contributed by atoms with Crippen LogP contribution in [0.1, 0.15) is 27.1 Å². The highest BCUT2D eigenvalue weighted by molar-refractivity contribution is 5.87. The summed E-state index contributed by atoms with van der Waals surface area (Å²) in [6.45, 7) is 4.90. The van der Waals surface area contributed by atoms with Crippen LogP contribution in [-0.2, 0) is 0 Å². The minimum absolute atomic E-state index is 0.334. The fourth-order valence-electron chi connectivity index (χ4n) is 1.05. The summed E-state index contributed by atoms with van der Waals surface area (Å²) >= 11 is 0. The SMILES string of the molecule is CC(=NO)C(C)(C)C(F)n1cccn1. The molecule has 1 aromatic heterocycles. The van der Waals surface area contributed by atoms with Gasteiger partial charge in [0, 0.05) is 12.4 Å². The van der Waals surface area contributed by atoms with Crippen LogP contribution in [0.25, 0.3) is 0 Å². The number of rotatable bonds is 3. The van der Waals surface area contributed by atoms with Gasteiger partial charge >= 0.3 is 0 Å². The summed E-state index contributed by atoms with van der Waals surface area (Å²) in [4.78, 5) is 0. The third-order valence-electron chi connectivity index (χ3n) is 2.44. The Bertz CT molecular complexity index is 319. The molecule has 1 atom stereocenters. The Hall–Kier alpha value is -1.39. The van der Waals surface area contributed by atoms with Crippen LogP contribution in [0.3, 0.4) is 0 Å². The van der Waals surface area contributed by atoms with Gasteiger partial charge in [-0.1, -0.05) is 5.16 Å². The van der Waals surface area contributed by atoms with E-state index in [2.05, 4.69) is 10.3 Å². The number of oxime groups is 1. The Morgan fingerprint density at radius 2 is 2.29 bits per heavy atom. The molecule has 0 saturated carbocycles. The number of hydrogen-bond donors (Lipinski definition) is 1. The van der Waals surface area contributed by atoms with E-state index in [1.807, 2.05) is 0 Å². The normalized spacial score (nSPS) is 15.6. The molecule has 0 aromatic carbocycles. The first-order chi connectivity index (χ1) is 6.50. The molecule has 14 heavy (non-hydrogen) atoms. The zero-order valence-electron chi connectivity index (χ0n) is 8.48. The second-order valence-electron chi connectivity index (χ2n) is 3.73. The maximum atomic E-state index is 13.9. The van der Waals surface area contributed by atoms with Crippen molar-refractivity contribution in [3.63, 3.8) is 0 Å². The van der Waals surface area contributed by atoms with Crippen LogP contribution in [0.4, 0.5) is 4.39 Å². The highest BCUT2D eigenvalue weighted by Crippen LogP contribution is 2.33.